The van der Waals surface area contributed by atoms with Crippen LogP contribution in [-0.4, -0.2) is 24.3 Å². The van der Waals surface area contributed by atoms with Gasteiger partial charge < -0.3 is 9.84 Å². The average Bonchev–Trinajstić information content (AvgIpc) is 2.81. The van der Waals surface area contributed by atoms with Crippen molar-refractivity contribution in [3.63, 3.8) is 0 Å². The number of aliphatic hydroxyl groups is 1. The highest BCUT2D eigenvalue weighted by Gasteiger charge is 2.13. The summed E-state index contributed by atoms with van der Waals surface area (Å²) in [5.41, 5.74) is 0. The second-order valence-corrected chi connectivity index (χ2v) is 9.96. The summed E-state index contributed by atoms with van der Waals surface area (Å²) in [5.74, 6) is -0.501. The minimum Gasteiger partial charge on any atom is -0.467 e. The molecule has 0 fully saturated rings. The third-order valence-corrected chi connectivity index (χ3v) is 6.80. The van der Waals surface area contributed by atoms with E-state index in [2.05, 4.69) is 11.7 Å². The van der Waals surface area contributed by atoms with Gasteiger partial charge in [0.25, 0.3) is 0 Å². The smallest absolute Gasteiger partial charge is 0.334 e. The second-order valence-electron chi connectivity index (χ2n) is 9.96. The van der Waals surface area contributed by atoms with Gasteiger partial charge in [0.1, 0.15) is 0 Å². The van der Waals surface area contributed by atoms with Gasteiger partial charge in [-0.1, -0.05) is 161 Å². The Morgan fingerprint density at radius 3 is 1.03 bits per heavy atom. The highest BCUT2D eigenvalue weighted by Crippen LogP contribution is 2.16. The van der Waals surface area contributed by atoms with E-state index in [-0.39, 0.29) is 0 Å². The Kier molecular flexibility index (Phi) is 26.2. The number of esters is 1. The van der Waals surface area contributed by atoms with Crippen LogP contribution in [0.15, 0.2) is 0 Å². The fraction of sp³-hybridized carbons (Fsp3) is 0.966. The number of unbranched alkanes of at least 4 members (excludes halogenated alkanes) is 23. The molecule has 0 aromatic rings. The van der Waals surface area contributed by atoms with Gasteiger partial charge in [-0.25, -0.2) is 4.79 Å². The number of hydrogen-bond donors (Lipinski definition) is 1. The lowest BCUT2D eigenvalue weighted by Crippen LogP contribution is -2.21. The summed E-state index contributed by atoms with van der Waals surface area (Å²) in [6, 6.07) is 0. The van der Waals surface area contributed by atoms with Gasteiger partial charge in [0.05, 0.1) is 7.11 Å². The Morgan fingerprint density at radius 1 is 0.531 bits per heavy atom. The summed E-state index contributed by atoms with van der Waals surface area (Å²) in [5, 5.41) is 9.52. The third kappa shape index (κ3) is 24.1. The molecule has 0 radical (unpaired) electrons. The SMILES string of the molecule is CCCCCCCCCCCCCCCCCCCCCCCCCCC(O)C(=O)OC. The molecule has 0 bridgehead atoms. The first-order valence-electron chi connectivity index (χ1n) is 14.5. The topological polar surface area (TPSA) is 46.5 Å². The van der Waals surface area contributed by atoms with Crippen LogP contribution >= 0.6 is 0 Å². The molecule has 0 aromatic heterocycles. The summed E-state index contributed by atoms with van der Waals surface area (Å²) in [6.45, 7) is 2.29. The summed E-state index contributed by atoms with van der Waals surface area (Å²) < 4.78 is 4.53. The van der Waals surface area contributed by atoms with Crippen molar-refractivity contribution in [3.05, 3.63) is 0 Å². The van der Waals surface area contributed by atoms with Crippen molar-refractivity contribution < 1.29 is 14.6 Å². The van der Waals surface area contributed by atoms with Gasteiger partial charge in [-0.2, -0.15) is 0 Å². The maximum Gasteiger partial charge on any atom is 0.334 e. The van der Waals surface area contributed by atoms with E-state index >= 15 is 0 Å². The van der Waals surface area contributed by atoms with Crippen LogP contribution in [0.5, 0.6) is 0 Å². The lowest BCUT2D eigenvalue weighted by Gasteiger charge is -2.07. The number of hydrogen-bond acceptors (Lipinski definition) is 3. The van der Waals surface area contributed by atoms with Crippen molar-refractivity contribution in [1.82, 2.24) is 0 Å². The molecule has 0 aliphatic carbocycles. The molecule has 0 aromatic carbocycles. The third-order valence-electron chi connectivity index (χ3n) is 6.80. The van der Waals surface area contributed by atoms with E-state index in [1.54, 1.807) is 0 Å². The predicted molar refractivity (Wildman–Crippen MR) is 139 cm³/mol. The van der Waals surface area contributed by atoms with E-state index in [0.717, 1.165) is 12.8 Å². The van der Waals surface area contributed by atoms with Crippen LogP contribution in [0.3, 0.4) is 0 Å². The Labute approximate surface area is 201 Å². The first kappa shape index (κ1) is 31.4. The van der Waals surface area contributed by atoms with Gasteiger partial charge in [0.15, 0.2) is 6.10 Å². The molecule has 0 rings (SSSR count). The van der Waals surface area contributed by atoms with Crippen LogP contribution in [0, 0.1) is 0 Å². The average molecular weight is 455 g/mol. The molecule has 0 saturated carbocycles. The largest absolute Gasteiger partial charge is 0.467 e. The van der Waals surface area contributed by atoms with Gasteiger partial charge in [0, 0.05) is 0 Å². The molecule has 0 heterocycles. The monoisotopic (exact) mass is 454 g/mol. The zero-order valence-corrected chi connectivity index (χ0v) is 22.0. The lowest BCUT2D eigenvalue weighted by molar-refractivity contribution is -0.150. The quantitative estimate of drug-likeness (QED) is 0.105. The summed E-state index contributed by atoms with van der Waals surface area (Å²) in [6.07, 6.45) is 32.7. The van der Waals surface area contributed by atoms with E-state index < -0.39 is 12.1 Å². The first-order valence-corrected chi connectivity index (χ1v) is 14.5. The highest BCUT2D eigenvalue weighted by molar-refractivity contribution is 5.74. The van der Waals surface area contributed by atoms with Crippen molar-refractivity contribution in [2.24, 2.45) is 0 Å². The standard InChI is InChI=1S/C29H58O3/c1-3-4-5-6-7-8-9-10-11-12-13-14-15-16-17-18-19-20-21-22-23-24-25-26-27-28(30)29(31)32-2/h28,30H,3-27H2,1-2H3. The normalized spacial score (nSPS) is 12.2. The van der Waals surface area contributed by atoms with Crippen LogP contribution in [-0.2, 0) is 9.53 Å². The predicted octanol–water partition coefficient (Wildman–Crippen LogP) is 9.29. The van der Waals surface area contributed by atoms with E-state index in [4.69, 9.17) is 0 Å². The zero-order chi connectivity index (χ0) is 23.5. The van der Waals surface area contributed by atoms with Gasteiger partial charge >= 0.3 is 5.97 Å². The van der Waals surface area contributed by atoms with Crippen LogP contribution < -0.4 is 0 Å². The van der Waals surface area contributed by atoms with Crippen molar-refractivity contribution in [3.8, 4) is 0 Å². The molecule has 1 N–H and O–H groups in total. The molecule has 32 heavy (non-hydrogen) atoms. The number of ether oxygens (including phenoxy) is 1. The number of methoxy groups -OCH3 is 1. The van der Waals surface area contributed by atoms with Crippen molar-refractivity contribution in [2.45, 2.75) is 174 Å². The minimum atomic E-state index is -0.931. The van der Waals surface area contributed by atoms with Gasteiger partial charge in [0.2, 0.25) is 0 Å². The Hall–Kier alpha value is -0.570. The van der Waals surface area contributed by atoms with E-state index in [0.29, 0.717) is 6.42 Å². The van der Waals surface area contributed by atoms with Crippen LogP contribution in [0.2, 0.25) is 0 Å². The molecule has 3 nitrogen and oxygen atoms in total. The van der Waals surface area contributed by atoms with Crippen molar-refractivity contribution in [2.75, 3.05) is 7.11 Å². The summed E-state index contributed by atoms with van der Waals surface area (Å²) >= 11 is 0. The summed E-state index contributed by atoms with van der Waals surface area (Å²) in [4.78, 5) is 11.1. The zero-order valence-electron chi connectivity index (χ0n) is 22.0. The van der Waals surface area contributed by atoms with Gasteiger partial charge in [-0.05, 0) is 6.42 Å². The molecule has 0 aliphatic rings. The lowest BCUT2D eigenvalue weighted by atomic mass is 10.0. The van der Waals surface area contributed by atoms with Crippen LogP contribution in [0.1, 0.15) is 167 Å². The van der Waals surface area contributed by atoms with Crippen LogP contribution in [0.4, 0.5) is 0 Å². The molecular weight excluding hydrogens is 396 g/mol. The molecule has 0 spiro atoms. The van der Waals surface area contributed by atoms with Gasteiger partial charge in [-0.15, -0.1) is 0 Å². The van der Waals surface area contributed by atoms with E-state index in [1.807, 2.05) is 0 Å². The van der Waals surface area contributed by atoms with Crippen LogP contribution in [0.25, 0.3) is 0 Å². The number of carbonyl (C=O) groups excluding carboxylic acids is 1. The van der Waals surface area contributed by atoms with Gasteiger partial charge in [-0.3, -0.25) is 0 Å². The molecule has 192 valence electrons. The molecule has 1 unspecified atom stereocenters. The molecule has 1 atom stereocenters. The summed E-state index contributed by atoms with van der Waals surface area (Å²) in [7, 11) is 1.32. The number of aliphatic hydroxyl groups excluding tert-OH is 1. The number of carbonyl (C=O) groups is 1. The maximum absolute atomic E-state index is 11.1. The molecule has 0 saturated heterocycles. The maximum atomic E-state index is 11.1. The number of rotatable bonds is 26. The Bertz CT molecular complexity index is 369. The second kappa shape index (κ2) is 26.7. The molecule has 0 amide bonds. The minimum absolute atomic E-state index is 0.501. The Morgan fingerprint density at radius 2 is 0.781 bits per heavy atom. The molecule has 3 heteroatoms. The van der Waals surface area contributed by atoms with E-state index in [9.17, 15) is 9.90 Å². The Balaban J connectivity index is 3.07. The van der Waals surface area contributed by atoms with Crippen molar-refractivity contribution in [1.29, 1.82) is 0 Å². The molecular formula is C29H58O3. The van der Waals surface area contributed by atoms with Crippen molar-refractivity contribution >= 4 is 5.97 Å². The highest BCUT2D eigenvalue weighted by atomic mass is 16.5. The fourth-order valence-electron chi connectivity index (χ4n) is 4.55. The van der Waals surface area contributed by atoms with E-state index in [1.165, 1.54) is 148 Å². The first-order chi connectivity index (χ1) is 15.7. The fourth-order valence-corrected chi connectivity index (χ4v) is 4.55. The molecule has 0 aliphatic heterocycles.